The van der Waals surface area contributed by atoms with Gasteiger partial charge in [-0.1, -0.05) is 43.3 Å². The summed E-state index contributed by atoms with van der Waals surface area (Å²) in [6.45, 7) is 9.98. The minimum absolute atomic E-state index is 0.105. The second-order valence-electron chi connectivity index (χ2n) is 5.72. The lowest BCUT2D eigenvalue weighted by atomic mass is 10.2. The fraction of sp³-hybridized carbons (Fsp3) is 0.421. The molecule has 0 unspecified atom stereocenters. The molecule has 0 saturated heterocycles. The van der Waals surface area contributed by atoms with Gasteiger partial charge in [-0.3, -0.25) is 0 Å². The molecule has 1 amide bonds. The molecule has 0 saturated carbocycles. The first-order valence-corrected chi connectivity index (χ1v) is 7.89. The summed E-state index contributed by atoms with van der Waals surface area (Å²) in [4.78, 5) is 14.1. The number of amides is 1. The summed E-state index contributed by atoms with van der Waals surface area (Å²) in [5, 5.41) is 0. The summed E-state index contributed by atoms with van der Waals surface area (Å²) in [7, 11) is 0. The number of rotatable bonds is 6. The van der Waals surface area contributed by atoms with Crippen molar-refractivity contribution in [2.45, 2.75) is 53.1 Å². The molecule has 0 atom stereocenters. The van der Waals surface area contributed by atoms with Crippen molar-refractivity contribution in [3.8, 4) is 0 Å². The van der Waals surface area contributed by atoms with Gasteiger partial charge in [0.1, 0.15) is 5.76 Å². The van der Waals surface area contributed by atoms with Crippen LogP contribution in [0.4, 0.5) is 4.79 Å². The lowest BCUT2D eigenvalue weighted by Crippen LogP contribution is -2.42. The number of nitrogens with zero attached hydrogens (tertiary/aromatic N) is 1. The SMILES string of the molecule is CC/C=C(/C=C\c1ccccc1)OC(=O)N(C(C)C)C(C)C. The Kier molecular flexibility index (Phi) is 7.44. The largest absolute Gasteiger partial charge is 0.415 e. The fourth-order valence-corrected chi connectivity index (χ4v) is 2.26. The van der Waals surface area contributed by atoms with Gasteiger partial charge in [0, 0.05) is 12.1 Å². The van der Waals surface area contributed by atoms with Crippen LogP contribution < -0.4 is 0 Å². The topological polar surface area (TPSA) is 29.5 Å². The molecule has 0 heterocycles. The number of carbonyl (C=O) groups excluding carboxylic acids is 1. The van der Waals surface area contributed by atoms with E-state index in [1.54, 1.807) is 4.90 Å². The summed E-state index contributed by atoms with van der Waals surface area (Å²) in [5.41, 5.74) is 1.07. The molecule has 0 spiro atoms. The third kappa shape index (κ3) is 5.76. The van der Waals surface area contributed by atoms with Crippen LogP contribution in [0.5, 0.6) is 0 Å². The Bertz CT molecular complexity index is 507. The normalized spacial score (nSPS) is 12.2. The van der Waals surface area contributed by atoms with E-state index in [1.807, 2.05) is 83.2 Å². The molecule has 0 aliphatic carbocycles. The molecule has 0 aromatic heterocycles. The molecule has 22 heavy (non-hydrogen) atoms. The minimum Gasteiger partial charge on any atom is -0.411 e. The Morgan fingerprint density at radius 3 is 2.23 bits per heavy atom. The van der Waals surface area contributed by atoms with Crippen molar-refractivity contribution >= 4 is 12.2 Å². The smallest absolute Gasteiger partial charge is 0.411 e. The molecule has 0 aliphatic rings. The van der Waals surface area contributed by atoms with Gasteiger partial charge in [-0.05, 0) is 51.8 Å². The Labute approximate surface area is 134 Å². The molecule has 0 aliphatic heterocycles. The van der Waals surface area contributed by atoms with Gasteiger partial charge >= 0.3 is 6.09 Å². The van der Waals surface area contributed by atoms with Gasteiger partial charge in [-0.15, -0.1) is 0 Å². The van der Waals surface area contributed by atoms with Crippen molar-refractivity contribution in [2.24, 2.45) is 0 Å². The standard InChI is InChI=1S/C19H27NO2/c1-6-10-18(14-13-17-11-8-7-9-12-17)22-19(21)20(15(2)3)16(4)5/h7-16H,6H2,1-5H3/b14-13-,18-10-. The maximum Gasteiger partial charge on any atom is 0.415 e. The molecule has 3 nitrogen and oxygen atoms in total. The van der Waals surface area contributed by atoms with Gasteiger partial charge < -0.3 is 9.64 Å². The fourth-order valence-electron chi connectivity index (χ4n) is 2.26. The van der Waals surface area contributed by atoms with Crippen molar-refractivity contribution in [1.82, 2.24) is 4.90 Å². The third-order valence-electron chi connectivity index (χ3n) is 3.17. The molecule has 120 valence electrons. The summed E-state index contributed by atoms with van der Waals surface area (Å²) < 4.78 is 5.56. The van der Waals surface area contributed by atoms with E-state index in [1.165, 1.54) is 0 Å². The highest BCUT2D eigenvalue weighted by molar-refractivity contribution is 5.70. The molecule has 0 radical (unpaired) electrons. The first kappa shape index (κ1) is 18.0. The maximum absolute atomic E-state index is 12.4. The number of hydrogen-bond acceptors (Lipinski definition) is 2. The Morgan fingerprint density at radius 1 is 1.14 bits per heavy atom. The van der Waals surface area contributed by atoms with E-state index in [0.29, 0.717) is 5.76 Å². The monoisotopic (exact) mass is 301 g/mol. The van der Waals surface area contributed by atoms with Crippen LogP contribution in [0.3, 0.4) is 0 Å². The van der Waals surface area contributed by atoms with Gasteiger partial charge in [0.15, 0.2) is 0 Å². The van der Waals surface area contributed by atoms with E-state index in [9.17, 15) is 4.79 Å². The quantitative estimate of drug-likeness (QED) is 0.530. The number of hydrogen-bond donors (Lipinski definition) is 0. The predicted molar refractivity (Wildman–Crippen MR) is 92.4 cm³/mol. The van der Waals surface area contributed by atoms with Crippen LogP contribution in [-0.4, -0.2) is 23.1 Å². The van der Waals surface area contributed by atoms with Crippen LogP contribution in [0.2, 0.25) is 0 Å². The average molecular weight is 301 g/mol. The van der Waals surface area contributed by atoms with Gasteiger partial charge in [-0.25, -0.2) is 4.79 Å². The zero-order chi connectivity index (χ0) is 16.5. The maximum atomic E-state index is 12.4. The minimum atomic E-state index is -0.303. The van der Waals surface area contributed by atoms with Gasteiger partial charge in [0.05, 0.1) is 0 Å². The van der Waals surface area contributed by atoms with Gasteiger partial charge in [-0.2, -0.15) is 0 Å². The summed E-state index contributed by atoms with van der Waals surface area (Å²) in [6.07, 6.45) is 6.21. The average Bonchev–Trinajstić information content (AvgIpc) is 2.45. The van der Waals surface area contributed by atoms with Gasteiger partial charge in [0.2, 0.25) is 0 Å². The highest BCUT2D eigenvalue weighted by atomic mass is 16.6. The van der Waals surface area contributed by atoms with Gasteiger partial charge in [0.25, 0.3) is 0 Å². The Balaban J connectivity index is 2.82. The van der Waals surface area contributed by atoms with E-state index in [2.05, 4.69) is 0 Å². The third-order valence-corrected chi connectivity index (χ3v) is 3.17. The van der Waals surface area contributed by atoms with Crippen LogP contribution in [0.1, 0.15) is 46.6 Å². The highest BCUT2D eigenvalue weighted by Crippen LogP contribution is 2.13. The predicted octanol–water partition coefficient (Wildman–Crippen LogP) is 5.25. The van der Waals surface area contributed by atoms with Crippen molar-refractivity contribution in [2.75, 3.05) is 0 Å². The summed E-state index contributed by atoms with van der Waals surface area (Å²) in [6, 6.07) is 10.2. The number of allylic oxidation sites excluding steroid dienone is 2. The molecule has 1 aromatic carbocycles. The van der Waals surface area contributed by atoms with E-state index >= 15 is 0 Å². The molecule has 1 aromatic rings. The molecular formula is C19H27NO2. The molecule has 0 N–H and O–H groups in total. The number of ether oxygens (including phenoxy) is 1. The van der Waals surface area contributed by atoms with E-state index in [4.69, 9.17) is 4.74 Å². The zero-order valence-corrected chi connectivity index (χ0v) is 14.2. The molecule has 3 heteroatoms. The molecular weight excluding hydrogens is 274 g/mol. The van der Waals surface area contributed by atoms with E-state index in [-0.39, 0.29) is 18.2 Å². The van der Waals surface area contributed by atoms with E-state index < -0.39 is 0 Å². The molecule has 1 rings (SSSR count). The Morgan fingerprint density at radius 2 is 1.73 bits per heavy atom. The first-order chi connectivity index (χ1) is 10.5. The van der Waals surface area contributed by atoms with Crippen LogP contribution in [0.15, 0.2) is 48.2 Å². The summed E-state index contributed by atoms with van der Waals surface area (Å²) >= 11 is 0. The second-order valence-corrected chi connectivity index (χ2v) is 5.72. The first-order valence-electron chi connectivity index (χ1n) is 7.89. The highest BCUT2D eigenvalue weighted by Gasteiger charge is 2.22. The van der Waals surface area contributed by atoms with Crippen LogP contribution >= 0.6 is 0 Å². The summed E-state index contributed by atoms with van der Waals surface area (Å²) in [5.74, 6) is 0.586. The van der Waals surface area contributed by atoms with Crippen LogP contribution in [0, 0.1) is 0 Å². The van der Waals surface area contributed by atoms with Crippen molar-refractivity contribution < 1.29 is 9.53 Å². The lowest BCUT2D eigenvalue weighted by molar-refractivity contribution is 0.104. The second kappa shape index (κ2) is 9.08. The molecule has 0 fully saturated rings. The van der Waals surface area contributed by atoms with Crippen LogP contribution in [-0.2, 0) is 4.74 Å². The van der Waals surface area contributed by atoms with Crippen molar-refractivity contribution in [3.05, 3.63) is 53.8 Å². The lowest BCUT2D eigenvalue weighted by Gasteiger charge is -2.29. The number of benzene rings is 1. The molecule has 0 bridgehead atoms. The van der Waals surface area contributed by atoms with Crippen molar-refractivity contribution in [3.63, 3.8) is 0 Å². The van der Waals surface area contributed by atoms with E-state index in [0.717, 1.165) is 12.0 Å². The Hall–Kier alpha value is -2.03. The zero-order valence-electron chi connectivity index (χ0n) is 14.2. The van der Waals surface area contributed by atoms with Crippen LogP contribution in [0.25, 0.3) is 6.08 Å². The number of carbonyl (C=O) groups is 1. The van der Waals surface area contributed by atoms with Crippen molar-refractivity contribution in [1.29, 1.82) is 0 Å².